The molecule has 0 aromatic carbocycles. The lowest BCUT2D eigenvalue weighted by atomic mass is 9.98. The fraction of sp³-hybridized carbons (Fsp3) is 0.682. The van der Waals surface area contributed by atoms with Gasteiger partial charge >= 0.3 is 24.3 Å². The van der Waals surface area contributed by atoms with E-state index in [1.807, 2.05) is 4.90 Å². The third kappa shape index (κ3) is 9.71. The first-order chi connectivity index (χ1) is 17.6. The van der Waals surface area contributed by atoms with Gasteiger partial charge in [0.2, 0.25) is 0 Å². The molecule has 3 atom stereocenters. The highest BCUT2D eigenvalue weighted by Crippen LogP contribution is 2.33. The summed E-state index contributed by atoms with van der Waals surface area (Å²) in [7, 11) is 2.12. The molecule has 3 aliphatic heterocycles. The summed E-state index contributed by atoms with van der Waals surface area (Å²) in [6, 6.07) is 2.70. The number of thiophene rings is 1. The van der Waals surface area contributed by atoms with Crippen LogP contribution >= 0.6 is 11.3 Å². The number of hydrogen-bond acceptors (Lipinski definition) is 7. The highest BCUT2D eigenvalue weighted by Gasteiger charge is 2.43. The maximum absolute atomic E-state index is 12.8. The summed E-state index contributed by atoms with van der Waals surface area (Å²) in [6.45, 7) is 5.73. The SMILES string of the molecule is CN1CCN(C(=O)[C@@H]2CC[C@@H]3[C@@H](CCN3Cc3ccsc3)O2)CC1.O=C(O)C(F)(F)F.O=C(O)C(F)(F)F. The number of nitrogens with zero attached hydrogens (tertiary/aromatic N) is 3. The monoisotopic (exact) mass is 577 g/mol. The molecule has 3 aliphatic rings. The molecular formula is C22H29F6N3O6S. The Labute approximate surface area is 218 Å². The Morgan fingerprint density at radius 1 is 0.947 bits per heavy atom. The van der Waals surface area contributed by atoms with Crippen molar-refractivity contribution in [2.45, 2.75) is 56.4 Å². The standard InChI is InChI=1S/C18H27N3O2S.2C2HF3O2/c1-19-7-9-20(10-8-19)18(22)17-3-2-15-16(23-17)4-6-21(15)12-14-5-11-24-13-14;2*3-2(4,5)1(6)7/h5,11,13,15-17H,2-4,6-10,12H2,1H3;2*(H,6,7)/t15-,16-,17+;;/m1../s1. The van der Waals surface area contributed by atoms with Crippen molar-refractivity contribution in [2.24, 2.45) is 0 Å². The number of hydrogen-bond donors (Lipinski definition) is 2. The van der Waals surface area contributed by atoms with Gasteiger partial charge in [0.15, 0.2) is 0 Å². The number of carboxylic acid groups (broad SMARTS) is 2. The number of ether oxygens (including phenoxy) is 1. The summed E-state index contributed by atoms with van der Waals surface area (Å²) in [5.74, 6) is -5.29. The number of halogens is 6. The van der Waals surface area contributed by atoms with Gasteiger partial charge in [-0.2, -0.15) is 37.7 Å². The average molecular weight is 578 g/mol. The van der Waals surface area contributed by atoms with Gasteiger partial charge < -0.3 is 24.7 Å². The average Bonchev–Trinajstić information content (AvgIpc) is 3.49. The van der Waals surface area contributed by atoms with E-state index < -0.39 is 24.3 Å². The summed E-state index contributed by atoms with van der Waals surface area (Å²) < 4.78 is 69.7. The number of carbonyl (C=O) groups is 3. The molecule has 1 aromatic heterocycles. The van der Waals surface area contributed by atoms with Crippen LogP contribution in [0.5, 0.6) is 0 Å². The summed E-state index contributed by atoms with van der Waals surface area (Å²) in [5.41, 5.74) is 1.40. The Bertz CT molecular complexity index is 898. The molecule has 4 rings (SSSR count). The Balaban J connectivity index is 0.000000301. The largest absolute Gasteiger partial charge is 0.490 e. The molecule has 0 unspecified atom stereocenters. The van der Waals surface area contributed by atoms with Crippen molar-refractivity contribution >= 4 is 29.2 Å². The van der Waals surface area contributed by atoms with Crippen molar-refractivity contribution in [1.82, 2.24) is 14.7 Å². The smallest absolute Gasteiger partial charge is 0.475 e. The lowest BCUT2D eigenvalue weighted by Crippen LogP contribution is -2.53. The second-order valence-electron chi connectivity index (χ2n) is 8.93. The van der Waals surface area contributed by atoms with Crippen LogP contribution in [0.25, 0.3) is 0 Å². The second kappa shape index (κ2) is 13.6. The quantitative estimate of drug-likeness (QED) is 0.528. The molecule has 16 heteroatoms. The third-order valence-corrected chi connectivity index (χ3v) is 6.94. The fourth-order valence-corrected chi connectivity index (χ4v) is 4.90. The molecular weight excluding hydrogens is 548 g/mol. The van der Waals surface area contributed by atoms with Crippen LogP contribution in [0.4, 0.5) is 26.3 Å². The van der Waals surface area contributed by atoms with Crippen molar-refractivity contribution in [1.29, 1.82) is 0 Å². The Morgan fingerprint density at radius 3 is 1.97 bits per heavy atom. The summed E-state index contributed by atoms with van der Waals surface area (Å²) in [6.07, 6.45) is -7.14. The van der Waals surface area contributed by atoms with Crippen molar-refractivity contribution in [3.8, 4) is 0 Å². The number of rotatable bonds is 3. The van der Waals surface area contributed by atoms with Gasteiger partial charge in [0.1, 0.15) is 6.10 Å². The number of likely N-dealkylation sites (tertiary alicyclic amines) is 1. The molecule has 38 heavy (non-hydrogen) atoms. The zero-order valence-electron chi connectivity index (χ0n) is 20.4. The lowest BCUT2D eigenvalue weighted by Gasteiger charge is -2.39. The van der Waals surface area contributed by atoms with Gasteiger partial charge in [-0.05, 0) is 48.7 Å². The van der Waals surface area contributed by atoms with E-state index in [1.54, 1.807) is 11.3 Å². The maximum atomic E-state index is 12.8. The zero-order chi connectivity index (χ0) is 28.7. The number of amides is 1. The predicted octanol–water partition coefficient (Wildman–Crippen LogP) is 2.91. The molecule has 9 nitrogen and oxygen atoms in total. The molecule has 4 heterocycles. The van der Waals surface area contributed by atoms with Crippen molar-refractivity contribution in [3.05, 3.63) is 22.4 Å². The van der Waals surface area contributed by atoms with Crippen molar-refractivity contribution in [2.75, 3.05) is 39.8 Å². The molecule has 0 bridgehead atoms. The van der Waals surface area contributed by atoms with E-state index in [4.69, 9.17) is 24.5 Å². The van der Waals surface area contributed by atoms with E-state index in [2.05, 4.69) is 33.7 Å². The molecule has 0 aliphatic carbocycles. The maximum Gasteiger partial charge on any atom is 0.490 e. The molecule has 0 saturated carbocycles. The summed E-state index contributed by atoms with van der Waals surface area (Å²) >= 11 is 1.76. The number of aliphatic carboxylic acids is 2. The van der Waals surface area contributed by atoms with Crippen molar-refractivity contribution in [3.63, 3.8) is 0 Å². The van der Waals surface area contributed by atoms with Gasteiger partial charge in [-0.25, -0.2) is 9.59 Å². The van der Waals surface area contributed by atoms with Crippen LogP contribution in [0, 0.1) is 0 Å². The number of likely N-dealkylation sites (N-methyl/N-ethyl adjacent to an activating group) is 1. The molecule has 2 N–H and O–H groups in total. The van der Waals surface area contributed by atoms with Gasteiger partial charge in [0.25, 0.3) is 5.91 Å². The van der Waals surface area contributed by atoms with E-state index >= 15 is 0 Å². The van der Waals surface area contributed by atoms with Crippen LogP contribution < -0.4 is 0 Å². The van der Waals surface area contributed by atoms with Crippen LogP contribution in [0.1, 0.15) is 24.8 Å². The Hall–Kier alpha value is -2.43. The number of carboxylic acids is 2. The highest BCUT2D eigenvalue weighted by molar-refractivity contribution is 7.07. The van der Waals surface area contributed by atoms with E-state index in [0.717, 1.165) is 58.5 Å². The van der Waals surface area contributed by atoms with Crippen LogP contribution in [0.3, 0.4) is 0 Å². The Kier molecular flexibility index (Phi) is 11.4. The van der Waals surface area contributed by atoms with E-state index in [0.29, 0.717) is 6.04 Å². The molecule has 1 aromatic rings. The normalized spacial score (nSPS) is 24.4. The van der Waals surface area contributed by atoms with Gasteiger partial charge in [-0.1, -0.05) is 0 Å². The minimum atomic E-state index is -5.08. The molecule has 0 spiro atoms. The number of carbonyl (C=O) groups excluding carboxylic acids is 1. The van der Waals surface area contributed by atoms with Gasteiger partial charge in [-0.3, -0.25) is 9.69 Å². The number of fused-ring (bicyclic) bond motifs is 1. The molecule has 1 amide bonds. The van der Waals surface area contributed by atoms with Crippen LogP contribution in [0.15, 0.2) is 16.8 Å². The third-order valence-electron chi connectivity index (χ3n) is 6.20. The van der Waals surface area contributed by atoms with E-state index in [1.165, 1.54) is 5.56 Å². The van der Waals surface area contributed by atoms with Gasteiger partial charge in [0, 0.05) is 45.3 Å². The summed E-state index contributed by atoms with van der Waals surface area (Å²) in [4.78, 5) is 37.4. The van der Waals surface area contributed by atoms with Crippen LogP contribution in [-0.2, 0) is 25.7 Å². The lowest BCUT2D eigenvalue weighted by molar-refractivity contribution is -0.193. The Morgan fingerprint density at radius 2 is 1.50 bits per heavy atom. The van der Waals surface area contributed by atoms with E-state index in [9.17, 15) is 31.1 Å². The van der Waals surface area contributed by atoms with Gasteiger partial charge in [0.05, 0.1) is 6.10 Å². The van der Waals surface area contributed by atoms with Crippen LogP contribution in [-0.4, -0.2) is 113 Å². The van der Waals surface area contributed by atoms with Gasteiger partial charge in [-0.15, -0.1) is 0 Å². The topological polar surface area (TPSA) is 111 Å². The minimum Gasteiger partial charge on any atom is -0.475 e. The minimum absolute atomic E-state index is 0.212. The van der Waals surface area contributed by atoms with Crippen molar-refractivity contribution < 1.29 is 55.7 Å². The first kappa shape index (κ1) is 31.8. The number of piperazine rings is 1. The molecule has 0 radical (unpaired) electrons. The molecule has 216 valence electrons. The second-order valence-corrected chi connectivity index (χ2v) is 9.71. The predicted molar refractivity (Wildman–Crippen MR) is 122 cm³/mol. The summed E-state index contributed by atoms with van der Waals surface area (Å²) in [5, 5.41) is 18.6. The van der Waals surface area contributed by atoms with E-state index in [-0.39, 0.29) is 18.1 Å². The zero-order valence-corrected chi connectivity index (χ0v) is 21.2. The first-order valence-electron chi connectivity index (χ1n) is 11.6. The number of alkyl halides is 6. The molecule has 3 saturated heterocycles. The van der Waals surface area contributed by atoms with Crippen LogP contribution in [0.2, 0.25) is 0 Å². The highest BCUT2D eigenvalue weighted by atomic mass is 32.1. The fourth-order valence-electron chi connectivity index (χ4n) is 4.24. The molecule has 3 fully saturated rings. The first-order valence-corrected chi connectivity index (χ1v) is 12.5.